The van der Waals surface area contributed by atoms with E-state index in [1.54, 1.807) is 13.0 Å². The first-order valence-corrected chi connectivity index (χ1v) is 10.7. The normalized spacial score (nSPS) is 26.2. The molecule has 152 valence electrons. The van der Waals surface area contributed by atoms with Crippen LogP contribution in [0, 0.1) is 12.8 Å². The van der Waals surface area contributed by atoms with E-state index < -0.39 is 27.8 Å². The highest BCUT2D eigenvalue weighted by molar-refractivity contribution is 7.91. The largest absolute Gasteiger partial charge is 0.393 e. The van der Waals surface area contributed by atoms with E-state index >= 15 is 0 Å². The van der Waals surface area contributed by atoms with Gasteiger partial charge in [-0.1, -0.05) is 0 Å². The standard InChI is InChI=1S/C16H23F3N4O3S/c1-11-7-14(23(21-11)13-4-6-27(25,26)10-13)20-15(24)9-22-5-2-3-12(8-22)16(17,18)19/h7,12-13H,2-6,8-10H2,1H3,(H,20,24)/t12-,13+/m0/s1. The molecule has 1 aromatic heterocycles. The molecule has 27 heavy (non-hydrogen) atoms. The number of rotatable bonds is 4. The predicted octanol–water partition coefficient (Wildman–Crippen LogP) is 1.76. The van der Waals surface area contributed by atoms with Crippen LogP contribution in [0.2, 0.25) is 0 Å². The van der Waals surface area contributed by atoms with Crippen molar-refractivity contribution in [2.45, 2.75) is 38.4 Å². The van der Waals surface area contributed by atoms with E-state index in [9.17, 15) is 26.4 Å². The van der Waals surface area contributed by atoms with E-state index in [1.807, 2.05) is 0 Å². The second-order valence-electron chi connectivity index (χ2n) is 7.34. The Morgan fingerprint density at radius 1 is 1.37 bits per heavy atom. The van der Waals surface area contributed by atoms with Crippen molar-refractivity contribution in [1.82, 2.24) is 14.7 Å². The number of aromatic nitrogens is 2. The maximum Gasteiger partial charge on any atom is 0.393 e. The van der Waals surface area contributed by atoms with Crippen LogP contribution in [0.4, 0.5) is 19.0 Å². The van der Waals surface area contributed by atoms with Crippen molar-refractivity contribution in [3.8, 4) is 0 Å². The second-order valence-corrected chi connectivity index (χ2v) is 9.57. The van der Waals surface area contributed by atoms with Crippen molar-refractivity contribution < 1.29 is 26.4 Å². The highest BCUT2D eigenvalue weighted by Gasteiger charge is 2.42. The van der Waals surface area contributed by atoms with Gasteiger partial charge in [-0.2, -0.15) is 18.3 Å². The Kier molecular flexibility index (Phi) is 5.53. The lowest BCUT2D eigenvalue weighted by Gasteiger charge is -2.33. The molecule has 2 saturated heterocycles. The van der Waals surface area contributed by atoms with Gasteiger partial charge in [-0.25, -0.2) is 13.1 Å². The Morgan fingerprint density at radius 3 is 2.74 bits per heavy atom. The Morgan fingerprint density at radius 2 is 2.11 bits per heavy atom. The van der Waals surface area contributed by atoms with Crippen LogP contribution in [0.25, 0.3) is 0 Å². The van der Waals surface area contributed by atoms with Gasteiger partial charge in [-0.15, -0.1) is 0 Å². The number of carbonyl (C=O) groups excluding carboxylic acids is 1. The number of hydrogen-bond acceptors (Lipinski definition) is 5. The molecule has 0 saturated carbocycles. The topological polar surface area (TPSA) is 84.3 Å². The van der Waals surface area contributed by atoms with Crippen molar-refractivity contribution in [2.75, 3.05) is 36.5 Å². The molecule has 0 radical (unpaired) electrons. The molecule has 3 heterocycles. The Balaban J connectivity index is 1.63. The van der Waals surface area contributed by atoms with Gasteiger partial charge in [0.1, 0.15) is 5.82 Å². The molecule has 0 unspecified atom stereocenters. The minimum absolute atomic E-state index is 0.0314. The van der Waals surface area contributed by atoms with Gasteiger partial charge >= 0.3 is 6.18 Å². The molecule has 1 aromatic rings. The van der Waals surface area contributed by atoms with Crippen LogP contribution in [0.15, 0.2) is 6.07 Å². The van der Waals surface area contributed by atoms with Crippen molar-refractivity contribution in [1.29, 1.82) is 0 Å². The first kappa shape index (κ1) is 20.1. The molecule has 1 amide bonds. The van der Waals surface area contributed by atoms with E-state index in [0.29, 0.717) is 30.9 Å². The molecule has 1 N–H and O–H groups in total. The smallest absolute Gasteiger partial charge is 0.310 e. The second kappa shape index (κ2) is 7.42. The number of sulfone groups is 1. The maximum absolute atomic E-state index is 12.9. The minimum Gasteiger partial charge on any atom is -0.310 e. The molecule has 0 bridgehead atoms. The number of aryl methyl sites for hydroxylation is 1. The third-order valence-corrected chi connectivity index (χ3v) is 6.77. The van der Waals surface area contributed by atoms with Gasteiger partial charge < -0.3 is 5.32 Å². The number of nitrogens with one attached hydrogen (secondary N) is 1. The SMILES string of the molecule is Cc1cc(NC(=O)CN2CCC[C@H](C(F)(F)F)C2)n([C@@H]2CCS(=O)(=O)C2)n1. The minimum atomic E-state index is -4.25. The molecule has 2 fully saturated rings. The van der Waals surface area contributed by atoms with E-state index in [4.69, 9.17) is 0 Å². The summed E-state index contributed by atoms with van der Waals surface area (Å²) in [5.74, 6) is -1.41. The van der Waals surface area contributed by atoms with Crippen molar-refractivity contribution >= 4 is 21.6 Å². The summed E-state index contributed by atoms with van der Waals surface area (Å²) in [6, 6.07) is 1.29. The summed E-state index contributed by atoms with van der Waals surface area (Å²) in [5.41, 5.74) is 0.629. The summed E-state index contributed by atoms with van der Waals surface area (Å²) in [7, 11) is -3.11. The maximum atomic E-state index is 12.9. The molecular formula is C16H23F3N4O3S. The Hall–Kier alpha value is -1.62. The number of carbonyl (C=O) groups is 1. The zero-order valence-corrected chi connectivity index (χ0v) is 15.8. The number of anilines is 1. The van der Waals surface area contributed by atoms with Crippen LogP contribution < -0.4 is 5.32 Å². The average molecular weight is 408 g/mol. The molecule has 2 aliphatic rings. The van der Waals surface area contributed by atoms with Crippen LogP contribution >= 0.6 is 0 Å². The molecule has 3 rings (SSSR count). The quantitative estimate of drug-likeness (QED) is 0.821. The molecule has 11 heteroatoms. The molecular weight excluding hydrogens is 385 g/mol. The third kappa shape index (κ3) is 5.01. The van der Waals surface area contributed by atoms with Gasteiger partial charge in [-0.05, 0) is 32.7 Å². The number of amides is 1. The van der Waals surface area contributed by atoms with E-state index in [1.165, 1.54) is 9.58 Å². The first-order chi connectivity index (χ1) is 12.5. The number of nitrogens with zero attached hydrogens (tertiary/aromatic N) is 3. The van der Waals surface area contributed by atoms with Gasteiger partial charge in [-0.3, -0.25) is 9.69 Å². The lowest BCUT2D eigenvalue weighted by atomic mass is 9.97. The summed E-state index contributed by atoms with van der Waals surface area (Å²) in [6.45, 7) is 1.85. The zero-order chi connectivity index (χ0) is 19.8. The number of halogens is 3. The van der Waals surface area contributed by atoms with Gasteiger partial charge in [0.15, 0.2) is 9.84 Å². The summed E-state index contributed by atoms with van der Waals surface area (Å²) in [5, 5.41) is 6.96. The fourth-order valence-electron chi connectivity index (χ4n) is 3.71. The molecule has 7 nitrogen and oxygen atoms in total. The molecule has 2 atom stereocenters. The number of alkyl halides is 3. The fourth-order valence-corrected chi connectivity index (χ4v) is 5.40. The van der Waals surface area contributed by atoms with Crippen LogP contribution in [-0.2, 0) is 14.6 Å². The van der Waals surface area contributed by atoms with Crippen LogP contribution in [0.3, 0.4) is 0 Å². The molecule has 0 spiro atoms. The third-order valence-electron chi connectivity index (χ3n) is 5.02. The summed E-state index contributed by atoms with van der Waals surface area (Å²) in [4.78, 5) is 13.9. The zero-order valence-electron chi connectivity index (χ0n) is 15.0. The fraction of sp³-hybridized carbons (Fsp3) is 0.750. The monoisotopic (exact) mass is 408 g/mol. The molecule has 2 aliphatic heterocycles. The average Bonchev–Trinajstić information content (AvgIpc) is 3.08. The predicted molar refractivity (Wildman–Crippen MR) is 93.1 cm³/mol. The first-order valence-electron chi connectivity index (χ1n) is 8.89. The summed E-state index contributed by atoms with van der Waals surface area (Å²) in [6.07, 6.45) is -3.34. The summed E-state index contributed by atoms with van der Waals surface area (Å²) >= 11 is 0. The van der Waals surface area contributed by atoms with Crippen LogP contribution in [0.1, 0.15) is 31.0 Å². The van der Waals surface area contributed by atoms with Crippen LogP contribution in [0.5, 0.6) is 0 Å². The van der Waals surface area contributed by atoms with Crippen LogP contribution in [-0.4, -0.2) is 66.3 Å². The van der Waals surface area contributed by atoms with Gasteiger partial charge in [0, 0.05) is 12.6 Å². The highest BCUT2D eigenvalue weighted by atomic mass is 32.2. The van der Waals surface area contributed by atoms with E-state index in [0.717, 1.165) is 0 Å². The van der Waals surface area contributed by atoms with Gasteiger partial charge in [0.25, 0.3) is 0 Å². The lowest BCUT2D eigenvalue weighted by molar-refractivity contribution is -0.186. The number of hydrogen-bond donors (Lipinski definition) is 1. The molecule has 0 aliphatic carbocycles. The van der Waals surface area contributed by atoms with Crippen molar-refractivity contribution in [2.24, 2.45) is 5.92 Å². The Labute approximate surface area is 155 Å². The van der Waals surface area contributed by atoms with Gasteiger partial charge in [0.2, 0.25) is 5.91 Å². The lowest BCUT2D eigenvalue weighted by Crippen LogP contribution is -2.44. The molecule has 0 aromatic carbocycles. The highest BCUT2D eigenvalue weighted by Crippen LogP contribution is 2.33. The van der Waals surface area contributed by atoms with Crippen molar-refractivity contribution in [3.63, 3.8) is 0 Å². The van der Waals surface area contributed by atoms with Gasteiger partial charge in [0.05, 0.1) is 35.7 Å². The summed E-state index contributed by atoms with van der Waals surface area (Å²) < 4.78 is 63.6. The van der Waals surface area contributed by atoms with E-state index in [2.05, 4.69) is 10.4 Å². The number of piperidine rings is 1. The van der Waals surface area contributed by atoms with Crippen molar-refractivity contribution in [3.05, 3.63) is 11.8 Å². The number of likely N-dealkylation sites (tertiary alicyclic amines) is 1. The van der Waals surface area contributed by atoms with E-state index in [-0.39, 0.29) is 37.1 Å². The Bertz CT molecular complexity index is 806.